The van der Waals surface area contributed by atoms with E-state index in [9.17, 15) is 15.0 Å². The van der Waals surface area contributed by atoms with E-state index < -0.39 is 31.1 Å². The van der Waals surface area contributed by atoms with Crippen LogP contribution in [0, 0.1) is 0 Å². The third kappa shape index (κ3) is 3.37. The Morgan fingerprint density at radius 2 is 2.10 bits per heavy atom. The summed E-state index contributed by atoms with van der Waals surface area (Å²) in [6.07, 6.45) is -0.463. The average Bonchev–Trinajstić information content (AvgIpc) is 3.31. The minimum atomic E-state index is -1.22. The number of fused-ring (bicyclic) bond motifs is 1. The summed E-state index contributed by atoms with van der Waals surface area (Å²) in [5.74, 6) is -0.165. The second kappa shape index (κ2) is 7.81. The van der Waals surface area contributed by atoms with E-state index in [0.717, 1.165) is 0 Å². The van der Waals surface area contributed by atoms with Gasteiger partial charge in [0.2, 0.25) is 0 Å². The van der Waals surface area contributed by atoms with Gasteiger partial charge in [-0.25, -0.2) is 15.0 Å². The number of hydrogen-bond donors (Lipinski definition) is 3. The lowest BCUT2D eigenvalue weighted by atomic mass is 10.1. The van der Waals surface area contributed by atoms with Crippen molar-refractivity contribution in [3.05, 3.63) is 59.0 Å². The number of aromatic nitrogens is 4. The van der Waals surface area contributed by atoms with Gasteiger partial charge in [-0.2, -0.15) is 0 Å². The fourth-order valence-corrected chi connectivity index (χ4v) is 3.21. The molecule has 3 heterocycles. The molecule has 29 heavy (non-hydrogen) atoms. The molecule has 4 rings (SSSR count). The summed E-state index contributed by atoms with van der Waals surface area (Å²) in [4.78, 5) is 27.6. The molecule has 1 amide bonds. The molecule has 0 aliphatic carbocycles. The first kappa shape index (κ1) is 18.8. The van der Waals surface area contributed by atoms with Gasteiger partial charge in [-0.05, 0) is 17.7 Å². The van der Waals surface area contributed by atoms with Crippen LogP contribution in [0.5, 0.6) is 0 Å². The van der Waals surface area contributed by atoms with E-state index in [-0.39, 0.29) is 11.7 Å². The van der Waals surface area contributed by atoms with Crippen molar-refractivity contribution in [1.29, 1.82) is 0 Å². The van der Waals surface area contributed by atoms with Crippen molar-refractivity contribution < 1.29 is 19.7 Å². The summed E-state index contributed by atoms with van der Waals surface area (Å²) in [6, 6.07) is 7.66. The lowest BCUT2D eigenvalue weighted by Gasteiger charge is -2.16. The molecule has 4 atom stereocenters. The number of ether oxygens (including phenoxy) is 1. The van der Waals surface area contributed by atoms with Gasteiger partial charge in [0.05, 0.1) is 25.1 Å². The monoisotopic (exact) mass is 396 g/mol. The van der Waals surface area contributed by atoms with Crippen LogP contribution in [0.15, 0.2) is 48.1 Å². The molecular weight excluding hydrogens is 380 g/mol. The highest BCUT2D eigenvalue weighted by Gasteiger charge is 2.44. The second-order valence-corrected chi connectivity index (χ2v) is 6.30. The van der Waals surface area contributed by atoms with Crippen LogP contribution in [0.25, 0.3) is 21.6 Å². The number of carbonyl (C=O) groups is 1. The molecular formula is C17H16N8O4. The molecule has 0 bridgehead atoms. The van der Waals surface area contributed by atoms with Crippen LogP contribution in [0.3, 0.4) is 0 Å². The van der Waals surface area contributed by atoms with Gasteiger partial charge >= 0.3 is 0 Å². The van der Waals surface area contributed by atoms with Gasteiger partial charge in [0.15, 0.2) is 23.2 Å². The molecule has 1 unspecified atom stereocenters. The number of amides is 1. The molecule has 12 nitrogen and oxygen atoms in total. The number of anilines is 1. The molecule has 3 aromatic rings. The molecule has 1 fully saturated rings. The summed E-state index contributed by atoms with van der Waals surface area (Å²) in [6.45, 7) is -0.433. The number of nitrogens with zero attached hydrogens (tertiary/aromatic N) is 7. The molecule has 1 aliphatic heterocycles. The fourth-order valence-electron chi connectivity index (χ4n) is 3.21. The average molecular weight is 396 g/mol. The zero-order chi connectivity index (χ0) is 20.4. The minimum absolute atomic E-state index is 0.195. The van der Waals surface area contributed by atoms with E-state index in [0.29, 0.717) is 16.7 Å². The van der Waals surface area contributed by atoms with Crippen LogP contribution in [0.1, 0.15) is 16.6 Å². The number of benzene rings is 1. The number of imidazole rings is 1. The molecule has 2 aromatic heterocycles. The van der Waals surface area contributed by atoms with E-state index in [1.807, 2.05) is 0 Å². The highest BCUT2D eigenvalue weighted by molar-refractivity contribution is 6.06. The van der Waals surface area contributed by atoms with Gasteiger partial charge in [0, 0.05) is 10.5 Å². The Bertz CT molecular complexity index is 1080. The molecule has 1 aromatic carbocycles. The van der Waals surface area contributed by atoms with Crippen molar-refractivity contribution >= 4 is 22.9 Å². The van der Waals surface area contributed by atoms with Crippen LogP contribution in [0.2, 0.25) is 0 Å². The van der Waals surface area contributed by atoms with Crippen molar-refractivity contribution in [3.8, 4) is 0 Å². The Morgan fingerprint density at radius 3 is 2.83 bits per heavy atom. The summed E-state index contributed by atoms with van der Waals surface area (Å²) < 4.78 is 7.08. The standard InChI is InChI=1S/C17H16N8O4/c18-24-23-11-10(6-26)29-17(13(11)27)25-8-21-12-14(19-7-20-15(12)25)22-16(28)9-4-2-1-3-5-9/h1-5,7-8,10-11,13,17,26-27H,6H2,(H,19,20,22,28)/t10-,11?,13+,17-/m1/s1. The Balaban J connectivity index is 1.66. The topological polar surface area (TPSA) is 171 Å². The van der Waals surface area contributed by atoms with Gasteiger partial charge in [-0.1, -0.05) is 23.3 Å². The fraction of sp³-hybridized carbons (Fsp3) is 0.294. The zero-order valence-electron chi connectivity index (χ0n) is 14.9. The van der Waals surface area contributed by atoms with Crippen LogP contribution in [0.4, 0.5) is 5.82 Å². The number of aliphatic hydroxyl groups excluding tert-OH is 2. The van der Waals surface area contributed by atoms with Crippen molar-refractivity contribution in [1.82, 2.24) is 19.5 Å². The number of hydrogen-bond acceptors (Lipinski definition) is 8. The summed E-state index contributed by atoms with van der Waals surface area (Å²) in [5, 5.41) is 26.2. The lowest BCUT2D eigenvalue weighted by Crippen LogP contribution is -2.31. The highest BCUT2D eigenvalue weighted by Crippen LogP contribution is 2.33. The molecule has 0 saturated carbocycles. The number of aliphatic hydroxyl groups is 2. The normalized spacial score (nSPS) is 23.7. The molecule has 0 radical (unpaired) electrons. The Kier molecular flexibility index (Phi) is 5.06. The number of nitrogens with one attached hydrogen (secondary N) is 1. The highest BCUT2D eigenvalue weighted by atomic mass is 16.5. The van der Waals surface area contributed by atoms with Crippen molar-refractivity contribution in [3.63, 3.8) is 0 Å². The summed E-state index contributed by atoms with van der Waals surface area (Å²) in [5.41, 5.74) is 9.73. The zero-order valence-corrected chi connectivity index (χ0v) is 14.9. The van der Waals surface area contributed by atoms with E-state index in [2.05, 4.69) is 30.3 Å². The second-order valence-electron chi connectivity index (χ2n) is 6.30. The summed E-state index contributed by atoms with van der Waals surface area (Å²) >= 11 is 0. The largest absolute Gasteiger partial charge is 0.394 e. The number of azide groups is 1. The predicted octanol–water partition coefficient (Wildman–Crippen LogP) is 1.01. The minimum Gasteiger partial charge on any atom is -0.394 e. The first-order chi connectivity index (χ1) is 14.1. The van der Waals surface area contributed by atoms with Gasteiger partial charge in [-0.3, -0.25) is 9.36 Å². The Hall–Kier alpha value is -3.57. The van der Waals surface area contributed by atoms with Crippen molar-refractivity contribution in [2.75, 3.05) is 11.9 Å². The Labute approximate surface area is 163 Å². The first-order valence-corrected chi connectivity index (χ1v) is 8.66. The van der Waals surface area contributed by atoms with Gasteiger partial charge < -0.3 is 20.3 Å². The summed E-state index contributed by atoms with van der Waals surface area (Å²) in [7, 11) is 0. The number of carbonyl (C=O) groups excluding carboxylic acids is 1. The molecule has 148 valence electrons. The SMILES string of the molecule is [N-]=[N+]=NC1[C@@H](CO)O[C@@H](n2cnc3c(NC(=O)c4ccccc4)ncnc32)[C@H]1O. The molecule has 0 spiro atoms. The van der Waals surface area contributed by atoms with Crippen LogP contribution in [-0.4, -0.2) is 60.5 Å². The lowest BCUT2D eigenvalue weighted by molar-refractivity contribution is -0.0488. The van der Waals surface area contributed by atoms with Gasteiger partial charge in [0.25, 0.3) is 5.91 Å². The maximum absolute atomic E-state index is 12.4. The quantitative estimate of drug-likeness (QED) is 0.328. The van der Waals surface area contributed by atoms with Crippen molar-refractivity contribution in [2.24, 2.45) is 5.11 Å². The maximum atomic E-state index is 12.4. The smallest absolute Gasteiger partial charge is 0.256 e. The third-order valence-electron chi connectivity index (χ3n) is 4.60. The molecule has 1 saturated heterocycles. The van der Waals surface area contributed by atoms with Crippen LogP contribution in [-0.2, 0) is 4.74 Å². The van der Waals surface area contributed by atoms with Crippen LogP contribution < -0.4 is 5.32 Å². The van der Waals surface area contributed by atoms with E-state index >= 15 is 0 Å². The number of rotatable bonds is 5. The van der Waals surface area contributed by atoms with E-state index in [4.69, 9.17) is 10.3 Å². The first-order valence-electron chi connectivity index (χ1n) is 8.66. The Morgan fingerprint density at radius 1 is 1.31 bits per heavy atom. The van der Waals surface area contributed by atoms with E-state index in [1.54, 1.807) is 30.3 Å². The maximum Gasteiger partial charge on any atom is 0.256 e. The molecule has 3 N–H and O–H groups in total. The third-order valence-corrected chi connectivity index (χ3v) is 4.60. The van der Waals surface area contributed by atoms with Gasteiger partial charge in [0.1, 0.15) is 12.4 Å². The van der Waals surface area contributed by atoms with Crippen molar-refractivity contribution in [2.45, 2.75) is 24.5 Å². The van der Waals surface area contributed by atoms with E-state index in [1.165, 1.54) is 17.2 Å². The van der Waals surface area contributed by atoms with Crippen LogP contribution >= 0.6 is 0 Å². The molecule has 1 aliphatic rings. The predicted molar refractivity (Wildman–Crippen MR) is 99.7 cm³/mol. The molecule has 12 heteroatoms. The van der Waals surface area contributed by atoms with Gasteiger partial charge in [-0.15, -0.1) is 0 Å².